The molecule has 0 radical (unpaired) electrons. The summed E-state index contributed by atoms with van der Waals surface area (Å²) in [6, 6.07) is 20.0. The van der Waals surface area contributed by atoms with Crippen molar-refractivity contribution in [1.29, 1.82) is 0 Å². The van der Waals surface area contributed by atoms with Gasteiger partial charge in [-0.15, -0.1) is 11.3 Å². The third-order valence-corrected chi connectivity index (χ3v) is 7.53. The zero-order chi connectivity index (χ0) is 29.4. The topological polar surface area (TPSA) is 95.2 Å². The molecule has 3 heterocycles. The van der Waals surface area contributed by atoms with E-state index in [0.717, 1.165) is 4.88 Å². The Kier molecular flexibility index (Phi) is 7.17. The second-order valence-electron chi connectivity index (χ2n) is 9.46. The highest BCUT2D eigenvalue weighted by atomic mass is 32.1. The molecule has 3 N–H and O–H groups in total. The number of benzene rings is 3. The number of aromatic nitrogens is 3. The molecule has 0 bridgehead atoms. The number of halogens is 3. The first-order chi connectivity index (χ1) is 20.3. The molecule has 0 amide bonds. The Morgan fingerprint density at radius 3 is 2.62 bits per heavy atom. The maximum absolute atomic E-state index is 14.0. The molecule has 0 spiro atoms. The van der Waals surface area contributed by atoms with E-state index in [4.69, 9.17) is 15.2 Å². The highest BCUT2D eigenvalue weighted by Gasteiger charge is 2.21. The van der Waals surface area contributed by atoms with Gasteiger partial charge in [-0.2, -0.15) is 5.10 Å². The lowest BCUT2D eigenvalue weighted by molar-refractivity contribution is 0.0822. The fraction of sp³-hybridized carbons (Fsp3) is 0.0968. The van der Waals surface area contributed by atoms with Crippen LogP contribution in [0.25, 0.3) is 27.0 Å². The molecule has 0 aliphatic heterocycles. The van der Waals surface area contributed by atoms with Crippen molar-refractivity contribution in [2.75, 3.05) is 12.3 Å². The Hall–Kier alpha value is -5.03. The summed E-state index contributed by atoms with van der Waals surface area (Å²) in [4.78, 5) is 17.5. The Bertz CT molecular complexity index is 1910. The third-order valence-electron chi connectivity index (χ3n) is 6.63. The van der Waals surface area contributed by atoms with Crippen molar-refractivity contribution in [3.05, 3.63) is 107 Å². The fourth-order valence-electron chi connectivity index (χ4n) is 4.59. The van der Waals surface area contributed by atoms with Crippen molar-refractivity contribution in [1.82, 2.24) is 14.8 Å². The molecular weight excluding hydrogens is 565 g/mol. The molecule has 3 aromatic carbocycles. The van der Waals surface area contributed by atoms with Gasteiger partial charge in [0.1, 0.15) is 23.9 Å². The van der Waals surface area contributed by atoms with Crippen LogP contribution in [-0.2, 0) is 0 Å². The summed E-state index contributed by atoms with van der Waals surface area (Å²) in [5.41, 5.74) is 9.38. The SMILES string of the molecule is Cc1cc(-n2ncc(C(=O)c3cc4cc(OCC(F)F)c(-c5cccs5)cc4[nH]3)c2N)ccc1Oc1ccccc1F. The minimum Gasteiger partial charge on any atom is -0.487 e. The summed E-state index contributed by atoms with van der Waals surface area (Å²) in [5, 5.41) is 6.83. The standard InChI is InChI=1S/C31H23F3N4O3S/c1-17-11-19(8-9-25(17)41-26-6-3-2-5-22(26)32)38-31(35)21(15-36-38)30(39)24-12-18-13-27(40-16-29(33)34)20(14-23(18)37-24)28-7-4-10-42-28/h2-15,29,37H,16,35H2,1H3. The van der Waals surface area contributed by atoms with Crippen LogP contribution in [0.2, 0.25) is 0 Å². The second-order valence-corrected chi connectivity index (χ2v) is 10.4. The van der Waals surface area contributed by atoms with Crippen molar-refractivity contribution >= 4 is 33.8 Å². The van der Waals surface area contributed by atoms with Gasteiger partial charge in [-0.05, 0) is 72.5 Å². The Morgan fingerprint density at radius 2 is 1.88 bits per heavy atom. The number of aryl methyl sites for hydroxylation is 1. The van der Waals surface area contributed by atoms with Gasteiger partial charge in [-0.1, -0.05) is 18.2 Å². The molecule has 0 atom stereocenters. The number of ketones is 1. The predicted octanol–water partition coefficient (Wildman–Crippen LogP) is 7.78. The summed E-state index contributed by atoms with van der Waals surface area (Å²) in [6.45, 7) is 1.06. The van der Waals surface area contributed by atoms with Gasteiger partial charge < -0.3 is 20.2 Å². The van der Waals surface area contributed by atoms with Gasteiger partial charge in [-0.25, -0.2) is 17.9 Å². The molecule has 6 rings (SSSR count). The van der Waals surface area contributed by atoms with Crippen LogP contribution in [-0.4, -0.2) is 33.6 Å². The quantitative estimate of drug-likeness (QED) is 0.168. The van der Waals surface area contributed by atoms with E-state index in [1.54, 1.807) is 55.5 Å². The number of nitrogens with zero attached hydrogens (tertiary/aromatic N) is 2. The fourth-order valence-corrected chi connectivity index (χ4v) is 5.34. The first-order valence-electron chi connectivity index (χ1n) is 12.8. The minimum absolute atomic E-state index is 0.105. The van der Waals surface area contributed by atoms with Gasteiger partial charge in [0.2, 0.25) is 5.78 Å². The van der Waals surface area contributed by atoms with Gasteiger partial charge in [-0.3, -0.25) is 4.79 Å². The molecule has 3 aromatic heterocycles. The number of nitrogens with one attached hydrogen (secondary N) is 1. The van der Waals surface area contributed by atoms with E-state index in [2.05, 4.69) is 10.1 Å². The van der Waals surface area contributed by atoms with Crippen LogP contribution in [0, 0.1) is 12.7 Å². The number of hydrogen-bond acceptors (Lipinski definition) is 6. The third kappa shape index (κ3) is 5.21. The molecule has 0 aliphatic rings. The summed E-state index contributed by atoms with van der Waals surface area (Å²) in [6.07, 6.45) is -1.24. The summed E-state index contributed by atoms with van der Waals surface area (Å²) in [5.74, 6) is 0.126. The van der Waals surface area contributed by atoms with Crippen LogP contribution in [0.3, 0.4) is 0 Å². The molecule has 42 heavy (non-hydrogen) atoms. The number of H-pyrrole nitrogens is 1. The molecule has 11 heteroatoms. The number of alkyl halides is 2. The molecule has 0 unspecified atom stereocenters. The van der Waals surface area contributed by atoms with Crippen LogP contribution in [0.5, 0.6) is 17.2 Å². The molecular formula is C31H23F3N4O3S. The Morgan fingerprint density at radius 1 is 1.05 bits per heavy atom. The summed E-state index contributed by atoms with van der Waals surface area (Å²) >= 11 is 1.45. The number of nitrogens with two attached hydrogens (primary N) is 1. The summed E-state index contributed by atoms with van der Waals surface area (Å²) in [7, 11) is 0. The van der Waals surface area contributed by atoms with Gasteiger partial charge in [0, 0.05) is 21.3 Å². The summed E-state index contributed by atoms with van der Waals surface area (Å²) < 4.78 is 52.4. The van der Waals surface area contributed by atoms with E-state index in [0.29, 0.717) is 39.2 Å². The molecule has 0 fully saturated rings. The van der Waals surface area contributed by atoms with E-state index in [9.17, 15) is 18.0 Å². The number of fused-ring (bicyclic) bond motifs is 1. The van der Waals surface area contributed by atoms with Crippen LogP contribution in [0.1, 0.15) is 21.6 Å². The van der Waals surface area contributed by atoms with Gasteiger partial charge >= 0.3 is 0 Å². The normalized spacial score (nSPS) is 11.4. The van der Waals surface area contributed by atoms with Crippen molar-refractivity contribution in [2.45, 2.75) is 13.3 Å². The van der Waals surface area contributed by atoms with Gasteiger partial charge in [0.15, 0.2) is 11.6 Å². The number of ether oxygens (including phenoxy) is 2. The maximum Gasteiger partial charge on any atom is 0.272 e. The lowest BCUT2D eigenvalue weighted by Crippen LogP contribution is -2.07. The Labute approximate surface area is 241 Å². The molecule has 7 nitrogen and oxygen atoms in total. The molecule has 0 aliphatic carbocycles. The van der Waals surface area contributed by atoms with Crippen molar-refractivity contribution < 1.29 is 27.4 Å². The number of carbonyl (C=O) groups excluding carboxylic acids is 1. The average molecular weight is 589 g/mol. The molecule has 0 saturated heterocycles. The number of aromatic amines is 1. The highest BCUT2D eigenvalue weighted by Crippen LogP contribution is 2.37. The van der Waals surface area contributed by atoms with Crippen molar-refractivity contribution in [3.63, 3.8) is 0 Å². The van der Waals surface area contributed by atoms with Crippen molar-refractivity contribution in [2.24, 2.45) is 0 Å². The van der Waals surface area contributed by atoms with E-state index in [-0.39, 0.29) is 28.6 Å². The van der Waals surface area contributed by atoms with Gasteiger partial charge in [0.25, 0.3) is 6.43 Å². The second kappa shape index (κ2) is 11.1. The zero-order valence-electron chi connectivity index (χ0n) is 22.1. The van der Waals surface area contributed by atoms with E-state index < -0.39 is 18.8 Å². The number of hydrogen-bond donors (Lipinski definition) is 2. The van der Waals surface area contributed by atoms with Crippen LogP contribution in [0.15, 0.2) is 84.4 Å². The first-order valence-corrected chi connectivity index (χ1v) is 13.7. The average Bonchev–Trinajstić information content (AvgIpc) is 3.73. The number of rotatable bonds is 9. The number of thiophene rings is 1. The van der Waals surface area contributed by atoms with Crippen LogP contribution >= 0.6 is 11.3 Å². The molecule has 0 saturated carbocycles. The number of anilines is 1. The zero-order valence-corrected chi connectivity index (χ0v) is 22.9. The monoisotopic (exact) mass is 588 g/mol. The van der Waals surface area contributed by atoms with Crippen LogP contribution < -0.4 is 15.2 Å². The Balaban J connectivity index is 1.29. The largest absolute Gasteiger partial charge is 0.487 e. The lowest BCUT2D eigenvalue weighted by atomic mass is 10.1. The van der Waals surface area contributed by atoms with E-state index in [1.807, 2.05) is 17.5 Å². The van der Waals surface area contributed by atoms with Crippen molar-refractivity contribution in [3.8, 4) is 33.4 Å². The lowest BCUT2D eigenvalue weighted by Gasteiger charge is -2.12. The molecule has 6 aromatic rings. The smallest absolute Gasteiger partial charge is 0.272 e. The number of carbonyl (C=O) groups is 1. The predicted molar refractivity (Wildman–Crippen MR) is 156 cm³/mol. The van der Waals surface area contributed by atoms with Crippen LogP contribution in [0.4, 0.5) is 19.0 Å². The van der Waals surface area contributed by atoms with Gasteiger partial charge in [0.05, 0.1) is 23.1 Å². The van der Waals surface area contributed by atoms with E-state index >= 15 is 0 Å². The van der Waals surface area contributed by atoms with E-state index in [1.165, 1.54) is 34.3 Å². The highest BCUT2D eigenvalue weighted by molar-refractivity contribution is 7.13. The number of para-hydroxylation sites is 1. The maximum atomic E-state index is 14.0. The number of nitrogen functional groups attached to an aromatic ring is 1. The first kappa shape index (κ1) is 27.2. The molecule has 212 valence electrons. The minimum atomic E-state index is -2.63.